The molecule has 1 rings (SSSR count). The fourth-order valence-corrected chi connectivity index (χ4v) is 2.06. The number of nitrogens with zero attached hydrogens (tertiary/aromatic N) is 2. The average Bonchev–Trinajstić information content (AvgIpc) is 2.56. The van der Waals surface area contributed by atoms with Gasteiger partial charge < -0.3 is 20.3 Å². The number of likely N-dealkylation sites (N-methyl/N-ethyl adjacent to an activating group) is 1. The smallest absolute Gasteiger partial charge is 0.241 e. The van der Waals surface area contributed by atoms with Crippen molar-refractivity contribution in [2.24, 2.45) is 4.99 Å². The van der Waals surface area contributed by atoms with Crippen molar-refractivity contribution in [1.29, 1.82) is 0 Å². The quantitative estimate of drug-likeness (QED) is 0.356. The van der Waals surface area contributed by atoms with Gasteiger partial charge in [-0.3, -0.25) is 4.79 Å². The van der Waals surface area contributed by atoms with Gasteiger partial charge in [0.15, 0.2) is 5.96 Å². The molecule has 0 aliphatic rings. The monoisotopic (exact) mass is 482 g/mol. The van der Waals surface area contributed by atoms with Crippen LogP contribution in [0.25, 0.3) is 0 Å². The van der Waals surface area contributed by atoms with Gasteiger partial charge in [0.2, 0.25) is 5.91 Å². The van der Waals surface area contributed by atoms with Gasteiger partial charge in [-0.2, -0.15) is 0 Å². The highest BCUT2D eigenvalue weighted by molar-refractivity contribution is 14.0. The van der Waals surface area contributed by atoms with E-state index in [9.17, 15) is 4.79 Å². The number of carbonyl (C=O) groups excluding carboxylic acids is 1. The molecule has 0 radical (unpaired) electrons. The van der Waals surface area contributed by atoms with E-state index in [1.165, 1.54) is 4.90 Å². The van der Waals surface area contributed by atoms with Crippen LogP contribution in [-0.2, 0) is 11.3 Å². The van der Waals surface area contributed by atoms with Gasteiger partial charge in [-0.25, -0.2) is 4.99 Å². The number of nitrogens with one attached hydrogen (secondary N) is 2. The Labute approximate surface area is 172 Å². The number of amides is 1. The van der Waals surface area contributed by atoms with Gasteiger partial charge >= 0.3 is 0 Å². The van der Waals surface area contributed by atoms with Crippen LogP contribution in [0.3, 0.4) is 0 Å². The largest absolute Gasteiger partial charge is 0.495 e. The van der Waals surface area contributed by atoms with Crippen LogP contribution in [0.2, 0.25) is 5.02 Å². The Morgan fingerprint density at radius 1 is 1.40 bits per heavy atom. The summed E-state index contributed by atoms with van der Waals surface area (Å²) < 4.78 is 5.15. The van der Waals surface area contributed by atoms with Crippen LogP contribution in [0.5, 0.6) is 5.75 Å². The molecule has 1 amide bonds. The van der Waals surface area contributed by atoms with Crippen LogP contribution >= 0.6 is 35.6 Å². The Morgan fingerprint density at radius 2 is 2.08 bits per heavy atom. The predicted molar refractivity (Wildman–Crippen MR) is 114 cm³/mol. The third-order valence-electron chi connectivity index (χ3n) is 3.54. The number of carbonyl (C=O) groups is 1. The molecule has 0 aromatic heterocycles. The minimum atomic E-state index is -0.0128. The van der Waals surface area contributed by atoms with Gasteiger partial charge in [0, 0.05) is 20.1 Å². The number of guanidine groups is 1. The van der Waals surface area contributed by atoms with Gasteiger partial charge in [-0.1, -0.05) is 24.6 Å². The molecule has 1 atom stereocenters. The molecule has 8 heteroatoms. The summed E-state index contributed by atoms with van der Waals surface area (Å²) in [6.07, 6.45) is 0.955. The van der Waals surface area contributed by atoms with E-state index in [0.29, 0.717) is 23.3 Å². The summed E-state index contributed by atoms with van der Waals surface area (Å²) in [6, 6.07) is 5.82. The summed E-state index contributed by atoms with van der Waals surface area (Å²) in [4.78, 5) is 17.8. The second kappa shape index (κ2) is 12.2. The molecule has 1 aromatic rings. The highest BCUT2D eigenvalue weighted by Crippen LogP contribution is 2.25. The molecule has 0 fully saturated rings. The van der Waals surface area contributed by atoms with E-state index in [0.717, 1.165) is 12.0 Å². The highest BCUT2D eigenvalue weighted by atomic mass is 127. The second-order valence-electron chi connectivity index (χ2n) is 5.73. The van der Waals surface area contributed by atoms with Crippen molar-refractivity contribution < 1.29 is 9.53 Å². The fraction of sp³-hybridized carbons (Fsp3) is 0.529. The van der Waals surface area contributed by atoms with Crippen LogP contribution in [0, 0.1) is 0 Å². The molecule has 1 aromatic carbocycles. The number of rotatable bonds is 7. The topological polar surface area (TPSA) is 66.0 Å². The van der Waals surface area contributed by atoms with Gasteiger partial charge in [0.25, 0.3) is 0 Å². The van der Waals surface area contributed by atoms with Crippen molar-refractivity contribution in [2.75, 3.05) is 27.7 Å². The number of methoxy groups -OCH3 is 1. The van der Waals surface area contributed by atoms with Gasteiger partial charge in [-0.05, 0) is 31.0 Å². The average molecular weight is 483 g/mol. The third-order valence-corrected chi connectivity index (χ3v) is 3.83. The maximum atomic E-state index is 11.7. The molecule has 6 nitrogen and oxygen atoms in total. The standard InChI is InChI=1S/C17H27ClN4O2.HI/c1-6-12(2)21-17(20-11-16(23)22(3)4)19-10-13-7-8-15(24-5)14(18)9-13;/h7-9,12H,6,10-11H2,1-5H3,(H2,19,20,21);1H. The summed E-state index contributed by atoms with van der Waals surface area (Å²) in [5.41, 5.74) is 0.963. The maximum absolute atomic E-state index is 11.7. The lowest BCUT2D eigenvalue weighted by atomic mass is 10.2. The summed E-state index contributed by atoms with van der Waals surface area (Å²) >= 11 is 6.13. The molecule has 0 heterocycles. The van der Waals surface area contributed by atoms with E-state index in [2.05, 4.69) is 29.5 Å². The molecule has 0 saturated carbocycles. The summed E-state index contributed by atoms with van der Waals surface area (Å²) in [7, 11) is 5.03. The van der Waals surface area contributed by atoms with Crippen LogP contribution in [0.1, 0.15) is 25.8 Å². The van der Waals surface area contributed by atoms with Crippen molar-refractivity contribution in [3.8, 4) is 5.75 Å². The van der Waals surface area contributed by atoms with E-state index in [-0.39, 0.29) is 42.5 Å². The molecular formula is C17H28ClIN4O2. The van der Waals surface area contributed by atoms with Crippen LogP contribution in [-0.4, -0.2) is 50.6 Å². The lowest BCUT2D eigenvalue weighted by molar-refractivity contribution is -0.127. The Kier molecular flexibility index (Phi) is 11.6. The van der Waals surface area contributed by atoms with Crippen molar-refractivity contribution in [3.63, 3.8) is 0 Å². The molecule has 25 heavy (non-hydrogen) atoms. The number of halogens is 2. The van der Waals surface area contributed by atoms with Crippen molar-refractivity contribution in [3.05, 3.63) is 28.8 Å². The SMILES string of the molecule is CCC(C)NC(=NCc1ccc(OC)c(Cl)c1)NCC(=O)N(C)C.I. The minimum absolute atomic E-state index is 0. The first-order chi connectivity index (χ1) is 11.4. The van der Waals surface area contributed by atoms with E-state index in [4.69, 9.17) is 16.3 Å². The Morgan fingerprint density at radius 3 is 2.60 bits per heavy atom. The van der Waals surface area contributed by atoms with Crippen molar-refractivity contribution in [2.45, 2.75) is 32.9 Å². The van der Waals surface area contributed by atoms with E-state index in [1.54, 1.807) is 21.2 Å². The first kappa shape index (κ1) is 23.8. The zero-order chi connectivity index (χ0) is 18.1. The molecule has 0 bridgehead atoms. The van der Waals surface area contributed by atoms with Gasteiger partial charge in [-0.15, -0.1) is 24.0 Å². The Balaban J connectivity index is 0.00000576. The summed E-state index contributed by atoms with van der Waals surface area (Å²) in [6.45, 7) is 4.79. The number of aliphatic imine (C=N–C) groups is 1. The number of ether oxygens (including phenoxy) is 1. The summed E-state index contributed by atoms with van der Waals surface area (Å²) in [5, 5.41) is 6.90. The number of benzene rings is 1. The Hall–Kier alpha value is -1.22. The van der Waals surface area contributed by atoms with E-state index >= 15 is 0 Å². The second-order valence-corrected chi connectivity index (χ2v) is 6.14. The first-order valence-corrected chi connectivity index (χ1v) is 8.32. The summed E-state index contributed by atoms with van der Waals surface area (Å²) in [5.74, 6) is 1.23. The molecule has 1 unspecified atom stereocenters. The molecule has 0 aliphatic carbocycles. The molecular weight excluding hydrogens is 455 g/mol. The zero-order valence-corrected chi connectivity index (χ0v) is 18.5. The van der Waals surface area contributed by atoms with E-state index < -0.39 is 0 Å². The zero-order valence-electron chi connectivity index (χ0n) is 15.4. The molecule has 2 N–H and O–H groups in total. The fourth-order valence-electron chi connectivity index (χ4n) is 1.78. The van der Waals surface area contributed by atoms with Crippen LogP contribution in [0.4, 0.5) is 0 Å². The van der Waals surface area contributed by atoms with Crippen molar-refractivity contribution in [1.82, 2.24) is 15.5 Å². The lowest BCUT2D eigenvalue weighted by Gasteiger charge is -2.18. The van der Waals surface area contributed by atoms with Gasteiger partial charge in [0.05, 0.1) is 25.2 Å². The normalized spacial score (nSPS) is 12.0. The first-order valence-electron chi connectivity index (χ1n) is 7.94. The third kappa shape index (κ3) is 8.62. The van der Waals surface area contributed by atoms with Gasteiger partial charge in [0.1, 0.15) is 5.75 Å². The molecule has 142 valence electrons. The molecule has 0 spiro atoms. The number of hydrogen-bond acceptors (Lipinski definition) is 3. The molecule has 0 saturated heterocycles. The van der Waals surface area contributed by atoms with Crippen LogP contribution in [0.15, 0.2) is 23.2 Å². The minimum Gasteiger partial charge on any atom is -0.495 e. The van der Waals surface area contributed by atoms with Crippen LogP contribution < -0.4 is 15.4 Å². The highest BCUT2D eigenvalue weighted by Gasteiger charge is 2.08. The van der Waals surface area contributed by atoms with Crippen molar-refractivity contribution >= 4 is 47.4 Å². The maximum Gasteiger partial charge on any atom is 0.241 e. The molecule has 0 aliphatic heterocycles. The Bertz CT molecular complexity index is 582. The predicted octanol–water partition coefficient (Wildman–Crippen LogP) is 2.89. The van der Waals surface area contributed by atoms with E-state index in [1.807, 2.05) is 18.2 Å². The number of hydrogen-bond donors (Lipinski definition) is 2. The lowest BCUT2D eigenvalue weighted by Crippen LogP contribution is -2.45.